The lowest BCUT2D eigenvalue weighted by Crippen LogP contribution is -2.35. The van der Waals surface area contributed by atoms with Gasteiger partial charge in [-0.15, -0.1) is 0 Å². The second-order valence-corrected chi connectivity index (χ2v) is 3.41. The molecule has 2 heterocycles. The van der Waals surface area contributed by atoms with Gasteiger partial charge in [0.2, 0.25) is 12.0 Å². The van der Waals surface area contributed by atoms with E-state index in [0.717, 1.165) is 0 Å². The highest BCUT2D eigenvalue weighted by atomic mass is 19.1. The van der Waals surface area contributed by atoms with Crippen molar-refractivity contribution in [2.24, 2.45) is 0 Å². The Morgan fingerprint density at radius 3 is 2.81 bits per heavy atom. The fourth-order valence-corrected chi connectivity index (χ4v) is 1.49. The number of nitrogens with one attached hydrogen (secondary N) is 1. The largest absolute Gasteiger partial charge is 0.472 e. The molecule has 1 fully saturated rings. The molecule has 7 heteroatoms. The van der Waals surface area contributed by atoms with Gasteiger partial charge in [-0.2, -0.15) is 4.39 Å². The molecule has 86 valence electrons. The molecule has 2 rings (SSSR count). The molecule has 0 bridgehead atoms. The van der Waals surface area contributed by atoms with Crippen molar-refractivity contribution in [3.05, 3.63) is 45.2 Å². The number of rotatable bonds is 1. The van der Waals surface area contributed by atoms with Crippen molar-refractivity contribution in [2.75, 3.05) is 0 Å². The Morgan fingerprint density at radius 1 is 1.56 bits per heavy atom. The van der Waals surface area contributed by atoms with E-state index < -0.39 is 29.5 Å². The van der Waals surface area contributed by atoms with Crippen molar-refractivity contribution < 1.29 is 13.5 Å². The van der Waals surface area contributed by atoms with E-state index in [0.29, 0.717) is 10.8 Å². The van der Waals surface area contributed by atoms with Gasteiger partial charge in [0.05, 0.1) is 12.0 Å². The highest BCUT2D eigenvalue weighted by molar-refractivity contribution is 4.98. The van der Waals surface area contributed by atoms with Gasteiger partial charge in [-0.05, 0) is 0 Å². The Bertz CT molecular complexity index is 548. The molecule has 0 aliphatic carbocycles. The molecule has 2 unspecified atom stereocenters. The van der Waals surface area contributed by atoms with Gasteiger partial charge in [-0.3, -0.25) is 14.3 Å². The van der Waals surface area contributed by atoms with Crippen LogP contribution in [0.15, 0.2) is 28.1 Å². The molecular weight excluding hydrogens is 222 g/mol. The van der Waals surface area contributed by atoms with Crippen LogP contribution in [-0.4, -0.2) is 15.7 Å². The van der Waals surface area contributed by atoms with Gasteiger partial charge in [0.1, 0.15) is 0 Å². The van der Waals surface area contributed by atoms with Crippen molar-refractivity contribution >= 4 is 0 Å². The maximum atomic E-state index is 13.4. The van der Waals surface area contributed by atoms with Crippen LogP contribution < -0.4 is 11.2 Å². The number of H-pyrrole nitrogens is 1. The number of aromatic nitrogens is 2. The zero-order valence-corrected chi connectivity index (χ0v) is 8.07. The summed E-state index contributed by atoms with van der Waals surface area (Å²) in [4.78, 5) is 23.8. The van der Waals surface area contributed by atoms with E-state index in [1.54, 1.807) is 4.98 Å². The molecular formula is C9H8F2N2O3. The maximum absolute atomic E-state index is 13.4. The second-order valence-electron chi connectivity index (χ2n) is 3.41. The van der Waals surface area contributed by atoms with Crippen LogP contribution in [0, 0.1) is 5.82 Å². The Kier molecular flexibility index (Phi) is 2.37. The SMILES string of the molecule is C=C1CC(F)C(n2cc(F)c(=O)[nH]c2=O)O1. The molecule has 1 aliphatic rings. The summed E-state index contributed by atoms with van der Waals surface area (Å²) < 4.78 is 31.9. The smallest absolute Gasteiger partial charge is 0.331 e. The lowest BCUT2D eigenvalue weighted by atomic mass is 10.3. The van der Waals surface area contributed by atoms with E-state index in [1.165, 1.54) is 0 Å². The van der Waals surface area contributed by atoms with Gasteiger partial charge in [0.25, 0.3) is 5.56 Å². The zero-order valence-electron chi connectivity index (χ0n) is 8.07. The normalized spacial score (nSPS) is 24.5. The number of aromatic amines is 1. The molecule has 5 nitrogen and oxygen atoms in total. The first-order chi connectivity index (χ1) is 7.49. The predicted octanol–water partition coefficient (Wildman–Crippen LogP) is 0.446. The van der Waals surface area contributed by atoms with Crippen LogP contribution >= 0.6 is 0 Å². The van der Waals surface area contributed by atoms with Gasteiger partial charge in [0.15, 0.2) is 6.17 Å². The van der Waals surface area contributed by atoms with E-state index in [9.17, 15) is 18.4 Å². The van der Waals surface area contributed by atoms with Crippen molar-refractivity contribution in [1.29, 1.82) is 0 Å². The third-order valence-corrected chi connectivity index (χ3v) is 2.22. The van der Waals surface area contributed by atoms with Crippen LogP contribution in [0.3, 0.4) is 0 Å². The summed E-state index contributed by atoms with van der Waals surface area (Å²) >= 11 is 0. The summed E-state index contributed by atoms with van der Waals surface area (Å²) in [7, 11) is 0. The Hall–Kier alpha value is -1.92. The fourth-order valence-electron chi connectivity index (χ4n) is 1.49. The second kappa shape index (κ2) is 3.58. The van der Waals surface area contributed by atoms with Gasteiger partial charge >= 0.3 is 5.69 Å². The van der Waals surface area contributed by atoms with Gasteiger partial charge in [-0.1, -0.05) is 6.58 Å². The predicted molar refractivity (Wildman–Crippen MR) is 50.1 cm³/mol. The summed E-state index contributed by atoms with van der Waals surface area (Å²) in [5.74, 6) is -0.996. The average Bonchev–Trinajstić information content (AvgIpc) is 2.51. The highest BCUT2D eigenvalue weighted by Crippen LogP contribution is 2.31. The number of ether oxygens (including phenoxy) is 1. The Labute approximate surface area is 88.0 Å². The van der Waals surface area contributed by atoms with Crippen LogP contribution in [0.25, 0.3) is 0 Å². The summed E-state index contributed by atoms with van der Waals surface area (Å²) in [6.07, 6.45) is -2.20. The Balaban J connectivity index is 2.49. The Morgan fingerprint density at radius 2 is 2.25 bits per heavy atom. The first kappa shape index (κ1) is 10.6. The number of hydrogen-bond acceptors (Lipinski definition) is 3. The summed E-state index contributed by atoms with van der Waals surface area (Å²) in [5.41, 5.74) is -2.07. The number of alkyl halides is 1. The number of hydrogen-bond donors (Lipinski definition) is 1. The molecule has 1 N–H and O–H groups in total. The van der Waals surface area contributed by atoms with Crippen LogP contribution in [0.2, 0.25) is 0 Å². The molecule has 2 atom stereocenters. The van der Waals surface area contributed by atoms with Crippen molar-refractivity contribution in [1.82, 2.24) is 9.55 Å². The number of nitrogens with zero attached hydrogens (tertiary/aromatic N) is 1. The van der Waals surface area contributed by atoms with Crippen LogP contribution in [0.4, 0.5) is 8.78 Å². The molecule has 1 aromatic heterocycles. The highest BCUT2D eigenvalue weighted by Gasteiger charge is 2.34. The van der Waals surface area contributed by atoms with Crippen LogP contribution in [0.1, 0.15) is 12.6 Å². The molecule has 0 aromatic carbocycles. The van der Waals surface area contributed by atoms with Crippen LogP contribution in [-0.2, 0) is 4.74 Å². The van der Waals surface area contributed by atoms with Crippen molar-refractivity contribution in [3.63, 3.8) is 0 Å². The molecule has 1 saturated heterocycles. The molecule has 0 radical (unpaired) electrons. The monoisotopic (exact) mass is 230 g/mol. The third kappa shape index (κ3) is 1.64. The topological polar surface area (TPSA) is 64.1 Å². The first-order valence-corrected chi connectivity index (χ1v) is 4.48. The van der Waals surface area contributed by atoms with E-state index in [2.05, 4.69) is 6.58 Å². The third-order valence-electron chi connectivity index (χ3n) is 2.22. The molecule has 1 aliphatic heterocycles. The van der Waals surface area contributed by atoms with Gasteiger partial charge in [0, 0.05) is 6.42 Å². The van der Waals surface area contributed by atoms with E-state index in [4.69, 9.17) is 4.74 Å². The summed E-state index contributed by atoms with van der Waals surface area (Å²) in [5, 5.41) is 0. The summed E-state index contributed by atoms with van der Waals surface area (Å²) in [6, 6.07) is 0. The fraction of sp³-hybridized carbons (Fsp3) is 0.333. The van der Waals surface area contributed by atoms with Crippen molar-refractivity contribution in [3.8, 4) is 0 Å². The van der Waals surface area contributed by atoms with Gasteiger partial charge in [-0.25, -0.2) is 9.18 Å². The van der Waals surface area contributed by atoms with Crippen molar-refractivity contribution in [2.45, 2.75) is 18.8 Å². The molecule has 1 aromatic rings. The van der Waals surface area contributed by atoms with Crippen LogP contribution in [0.5, 0.6) is 0 Å². The lowest BCUT2D eigenvalue weighted by Gasteiger charge is -2.14. The first-order valence-electron chi connectivity index (χ1n) is 4.48. The standard InChI is InChI=1S/C9H8F2N2O3/c1-4-2-5(10)8(16-4)13-3-6(11)7(14)12-9(13)15/h3,5,8H,1-2H2,(H,12,14,15). The lowest BCUT2D eigenvalue weighted by molar-refractivity contribution is 0.0440. The van der Waals surface area contributed by atoms with E-state index in [1.807, 2.05) is 0 Å². The van der Waals surface area contributed by atoms with Gasteiger partial charge < -0.3 is 4.74 Å². The summed E-state index contributed by atoms with van der Waals surface area (Å²) in [6.45, 7) is 3.41. The molecule has 0 saturated carbocycles. The van der Waals surface area contributed by atoms with E-state index >= 15 is 0 Å². The minimum absolute atomic E-state index is 0.0577. The minimum Gasteiger partial charge on any atom is -0.472 e. The number of allylic oxidation sites excluding steroid dienone is 1. The molecule has 0 spiro atoms. The molecule has 16 heavy (non-hydrogen) atoms. The molecule has 0 amide bonds. The maximum Gasteiger partial charge on any atom is 0.331 e. The average molecular weight is 230 g/mol. The minimum atomic E-state index is -1.49. The zero-order chi connectivity index (χ0) is 11.9. The number of halogens is 2. The quantitative estimate of drug-likeness (QED) is 0.761. The van der Waals surface area contributed by atoms with E-state index in [-0.39, 0.29) is 12.2 Å².